The number of ether oxygens (including phenoxy) is 2. The summed E-state index contributed by atoms with van der Waals surface area (Å²) in [6.07, 6.45) is 2.23. The SMILES string of the molecule is CCCc1ccc([C@@H]([NH2+]CC(=O)Nc2ccc3c(c2)OCO3)c2cccs2)cc1. The Morgan fingerprint density at radius 3 is 2.72 bits per heavy atom. The van der Waals surface area contributed by atoms with Gasteiger partial charge in [0.25, 0.3) is 5.91 Å². The minimum absolute atomic E-state index is 0.0481. The first-order valence-electron chi connectivity index (χ1n) is 9.88. The third-order valence-electron chi connectivity index (χ3n) is 4.92. The lowest BCUT2D eigenvalue weighted by Gasteiger charge is -2.15. The Labute approximate surface area is 174 Å². The minimum Gasteiger partial charge on any atom is -0.454 e. The van der Waals surface area contributed by atoms with Gasteiger partial charge in [0.1, 0.15) is 6.04 Å². The van der Waals surface area contributed by atoms with Crippen molar-refractivity contribution in [1.29, 1.82) is 0 Å². The maximum absolute atomic E-state index is 12.5. The van der Waals surface area contributed by atoms with E-state index in [1.807, 2.05) is 12.1 Å². The summed E-state index contributed by atoms with van der Waals surface area (Å²) >= 11 is 1.72. The number of aryl methyl sites for hydroxylation is 1. The number of hydrogen-bond donors (Lipinski definition) is 2. The third-order valence-corrected chi connectivity index (χ3v) is 5.88. The fourth-order valence-corrected chi connectivity index (χ4v) is 4.33. The lowest BCUT2D eigenvalue weighted by atomic mass is 10.0. The summed E-state index contributed by atoms with van der Waals surface area (Å²) in [4.78, 5) is 13.8. The van der Waals surface area contributed by atoms with Gasteiger partial charge >= 0.3 is 0 Å². The van der Waals surface area contributed by atoms with Crippen LogP contribution in [-0.4, -0.2) is 19.2 Å². The Kier molecular flexibility index (Phi) is 6.12. The van der Waals surface area contributed by atoms with Gasteiger partial charge in [0.15, 0.2) is 18.0 Å². The molecule has 1 amide bonds. The van der Waals surface area contributed by atoms with Crippen LogP contribution in [0.15, 0.2) is 60.0 Å². The van der Waals surface area contributed by atoms with Gasteiger partial charge in [0.05, 0.1) is 4.88 Å². The summed E-state index contributed by atoms with van der Waals surface area (Å²) in [7, 11) is 0. The molecule has 0 aliphatic carbocycles. The first kappa shape index (κ1) is 19.5. The molecule has 0 saturated carbocycles. The summed E-state index contributed by atoms with van der Waals surface area (Å²) < 4.78 is 10.7. The largest absolute Gasteiger partial charge is 0.454 e. The number of carbonyl (C=O) groups is 1. The van der Waals surface area contributed by atoms with E-state index in [-0.39, 0.29) is 18.7 Å². The van der Waals surface area contributed by atoms with Crippen LogP contribution in [0.3, 0.4) is 0 Å². The van der Waals surface area contributed by atoms with Crippen molar-refractivity contribution in [3.63, 3.8) is 0 Å². The van der Waals surface area contributed by atoms with Crippen molar-refractivity contribution in [2.24, 2.45) is 0 Å². The minimum atomic E-state index is -0.0481. The van der Waals surface area contributed by atoms with E-state index in [9.17, 15) is 4.79 Å². The van der Waals surface area contributed by atoms with Crippen molar-refractivity contribution in [1.82, 2.24) is 0 Å². The number of nitrogens with two attached hydrogens (primary N) is 1. The number of amides is 1. The predicted octanol–water partition coefficient (Wildman–Crippen LogP) is 3.72. The number of anilines is 1. The van der Waals surface area contributed by atoms with Crippen LogP contribution in [0.4, 0.5) is 5.69 Å². The molecule has 0 fully saturated rings. The first-order valence-corrected chi connectivity index (χ1v) is 10.8. The van der Waals surface area contributed by atoms with Crippen LogP contribution in [0.5, 0.6) is 11.5 Å². The molecular formula is C23H25N2O3S+. The van der Waals surface area contributed by atoms with Gasteiger partial charge in [0.2, 0.25) is 6.79 Å². The number of nitrogens with one attached hydrogen (secondary N) is 1. The van der Waals surface area contributed by atoms with Crippen molar-refractivity contribution < 1.29 is 19.6 Å². The standard InChI is InChI=1S/C23H24N2O3S/c1-2-4-16-6-8-17(9-7-16)23(21-5-3-12-29-21)24-14-22(26)25-18-10-11-19-20(13-18)28-15-27-19/h3,5-13,23-24H,2,4,14-15H2,1H3,(H,25,26)/p+1/t23-/m1/s1. The Morgan fingerprint density at radius 2 is 1.97 bits per heavy atom. The molecule has 0 spiro atoms. The molecule has 6 heteroatoms. The Bertz CT molecular complexity index is 955. The van der Waals surface area contributed by atoms with Gasteiger partial charge in [-0.2, -0.15) is 0 Å². The van der Waals surface area contributed by atoms with Crippen LogP contribution in [0.25, 0.3) is 0 Å². The van der Waals surface area contributed by atoms with E-state index in [0.29, 0.717) is 23.7 Å². The van der Waals surface area contributed by atoms with E-state index in [2.05, 4.69) is 59.3 Å². The van der Waals surface area contributed by atoms with E-state index >= 15 is 0 Å². The number of quaternary nitrogens is 1. The fraction of sp³-hybridized carbons (Fsp3) is 0.261. The van der Waals surface area contributed by atoms with Gasteiger partial charge in [-0.3, -0.25) is 4.79 Å². The summed E-state index contributed by atoms with van der Waals surface area (Å²) in [6, 6.07) is 18.5. The van der Waals surface area contributed by atoms with E-state index in [1.54, 1.807) is 17.4 Å². The second-order valence-electron chi connectivity index (χ2n) is 7.04. The van der Waals surface area contributed by atoms with Crippen molar-refractivity contribution in [2.75, 3.05) is 18.7 Å². The second-order valence-corrected chi connectivity index (χ2v) is 8.02. The maximum atomic E-state index is 12.5. The van der Waals surface area contributed by atoms with Crippen LogP contribution < -0.4 is 20.1 Å². The summed E-state index contributed by atoms with van der Waals surface area (Å²) in [5.74, 6) is 1.32. The molecule has 4 rings (SSSR count). The van der Waals surface area contributed by atoms with Gasteiger partial charge in [-0.05, 0) is 35.6 Å². The van der Waals surface area contributed by atoms with E-state index < -0.39 is 0 Å². The van der Waals surface area contributed by atoms with Gasteiger partial charge < -0.3 is 20.1 Å². The van der Waals surface area contributed by atoms with Gasteiger partial charge in [0, 0.05) is 17.3 Å². The molecule has 3 N–H and O–H groups in total. The molecule has 3 aromatic rings. The molecule has 150 valence electrons. The molecule has 1 atom stereocenters. The van der Waals surface area contributed by atoms with Gasteiger partial charge in [-0.1, -0.05) is 43.7 Å². The maximum Gasteiger partial charge on any atom is 0.279 e. The number of fused-ring (bicyclic) bond motifs is 1. The van der Waals surface area contributed by atoms with Crippen molar-refractivity contribution in [2.45, 2.75) is 25.8 Å². The smallest absolute Gasteiger partial charge is 0.279 e. The van der Waals surface area contributed by atoms with Gasteiger partial charge in [-0.15, -0.1) is 11.3 Å². The summed E-state index contributed by atoms with van der Waals surface area (Å²) in [6.45, 7) is 2.74. The monoisotopic (exact) mass is 409 g/mol. The molecular weight excluding hydrogens is 384 g/mol. The number of thiophene rings is 1. The molecule has 1 aromatic heterocycles. The topological polar surface area (TPSA) is 64.2 Å². The molecule has 5 nitrogen and oxygen atoms in total. The summed E-state index contributed by atoms with van der Waals surface area (Å²) in [5.41, 5.74) is 3.27. The zero-order valence-corrected chi connectivity index (χ0v) is 17.2. The highest BCUT2D eigenvalue weighted by atomic mass is 32.1. The van der Waals surface area contributed by atoms with Crippen LogP contribution in [0.1, 0.15) is 35.4 Å². The highest BCUT2D eigenvalue weighted by Crippen LogP contribution is 2.34. The Balaban J connectivity index is 1.42. The highest BCUT2D eigenvalue weighted by molar-refractivity contribution is 7.10. The molecule has 0 saturated heterocycles. The predicted molar refractivity (Wildman–Crippen MR) is 115 cm³/mol. The van der Waals surface area contributed by atoms with E-state index in [0.717, 1.165) is 12.8 Å². The number of hydrogen-bond acceptors (Lipinski definition) is 4. The molecule has 0 unspecified atom stereocenters. The Hall–Kier alpha value is -2.83. The van der Waals surface area contributed by atoms with E-state index in [4.69, 9.17) is 9.47 Å². The van der Waals surface area contributed by atoms with Crippen molar-refractivity contribution in [3.05, 3.63) is 76.0 Å². The Morgan fingerprint density at radius 1 is 1.14 bits per heavy atom. The normalized spacial score (nSPS) is 13.3. The van der Waals surface area contributed by atoms with E-state index in [1.165, 1.54) is 16.0 Å². The number of benzene rings is 2. The fourth-order valence-electron chi connectivity index (χ4n) is 3.48. The average Bonchev–Trinajstić information content (AvgIpc) is 3.41. The lowest BCUT2D eigenvalue weighted by Crippen LogP contribution is -2.87. The zero-order valence-electron chi connectivity index (χ0n) is 16.4. The zero-order chi connectivity index (χ0) is 20.1. The molecule has 1 aliphatic heterocycles. The quantitative estimate of drug-likeness (QED) is 0.596. The molecule has 2 aromatic carbocycles. The van der Waals surface area contributed by atoms with Crippen LogP contribution >= 0.6 is 11.3 Å². The van der Waals surface area contributed by atoms with Crippen LogP contribution in [0.2, 0.25) is 0 Å². The third kappa shape index (κ3) is 4.78. The van der Waals surface area contributed by atoms with Crippen LogP contribution in [-0.2, 0) is 11.2 Å². The second kappa shape index (κ2) is 9.11. The van der Waals surface area contributed by atoms with Crippen LogP contribution in [0, 0.1) is 0 Å². The molecule has 0 radical (unpaired) electrons. The number of carbonyl (C=O) groups excluding carboxylic acids is 1. The molecule has 0 bridgehead atoms. The highest BCUT2D eigenvalue weighted by Gasteiger charge is 2.21. The van der Waals surface area contributed by atoms with Crippen molar-refractivity contribution >= 4 is 22.9 Å². The average molecular weight is 410 g/mol. The summed E-state index contributed by atoms with van der Waals surface area (Å²) in [5, 5.41) is 7.11. The molecule has 2 heterocycles. The van der Waals surface area contributed by atoms with Crippen molar-refractivity contribution in [3.8, 4) is 11.5 Å². The molecule has 1 aliphatic rings. The molecule has 29 heavy (non-hydrogen) atoms. The lowest BCUT2D eigenvalue weighted by molar-refractivity contribution is -0.675. The first-order chi connectivity index (χ1) is 14.2. The number of rotatable bonds is 8. The van der Waals surface area contributed by atoms with Gasteiger partial charge in [-0.25, -0.2) is 0 Å².